The Bertz CT molecular complexity index is 1430. The van der Waals surface area contributed by atoms with Crippen molar-refractivity contribution in [2.24, 2.45) is 23.7 Å². The molecule has 2 N–H and O–H groups in total. The Balaban J connectivity index is 1.41. The van der Waals surface area contributed by atoms with Crippen molar-refractivity contribution in [3.8, 4) is 5.75 Å². The molecule has 2 bridgehead atoms. The number of carbonyl (C=O) groups excluding carboxylic acids is 1. The van der Waals surface area contributed by atoms with Crippen molar-refractivity contribution >= 4 is 33.2 Å². The van der Waals surface area contributed by atoms with E-state index in [9.17, 15) is 18.3 Å². The van der Waals surface area contributed by atoms with Crippen LogP contribution in [0, 0.1) is 23.7 Å². The van der Waals surface area contributed by atoms with Gasteiger partial charge in [0.15, 0.2) is 0 Å². The molecule has 2 aliphatic carbocycles. The summed E-state index contributed by atoms with van der Waals surface area (Å²) in [6.07, 6.45) is 5.96. The van der Waals surface area contributed by atoms with Crippen LogP contribution in [-0.2, 0) is 21.9 Å². The molecule has 1 spiro atoms. The Kier molecular flexibility index (Phi) is 7.79. The standard InChI is InChI=1S/C32H41ClN2O5S/c1-20-12-21(2)17-41(38,39)34-31(37)23-6-10-30-28(15-23)35(16-24-5-8-26(24)29(36)13-20)18-32(19-40-30)11-3-4-22-14-25(33)7-9-27(22)32/h6-7,9-10,14-15,20-21,24,26,29,36H,3-5,8,11-13,16-19H2,1-2H3,(H,34,37)/t20-,21-,24+,26-,29-,32+/m1/s1. The number of amides is 1. The third-order valence-corrected chi connectivity index (χ3v) is 11.7. The van der Waals surface area contributed by atoms with Gasteiger partial charge in [-0.1, -0.05) is 31.5 Å². The first-order valence-corrected chi connectivity index (χ1v) is 17.1. The lowest BCUT2D eigenvalue weighted by atomic mass is 9.67. The third kappa shape index (κ3) is 5.84. The molecule has 0 saturated heterocycles. The zero-order valence-corrected chi connectivity index (χ0v) is 25.5. The maximum absolute atomic E-state index is 13.2. The fourth-order valence-electron chi connectivity index (χ4n) is 7.92. The van der Waals surface area contributed by atoms with Gasteiger partial charge in [0.1, 0.15) is 5.75 Å². The number of benzene rings is 2. The van der Waals surface area contributed by atoms with Crippen LogP contribution in [0.1, 0.15) is 73.9 Å². The molecule has 0 aromatic heterocycles. The molecule has 6 atom stereocenters. The van der Waals surface area contributed by atoms with Gasteiger partial charge in [-0.15, -0.1) is 0 Å². The highest BCUT2D eigenvalue weighted by atomic mass is 35.5. The highest BCUT2D eigenvalue weighted by Gasteiger charge is 2.44. The second-order valence-electron chi connectivity index (χ2n) is 13.3. The number of sulfonamides is 1. The maximum Gasteiger partial charge on any atom is 0.264 e. The van der Waals surface area contributed by atoms with Crippen molar-refractivity contribution in [3.05, 3.63) is 58.1 Å². The number of aliphatic hydroxyl groups is 1. The van der Waals surface area contributed by atoms with Crippen LogP contribution in [0.25, 0.3) is 0 Å². The topological polar surface area (TPSA) is 95.9 Å². The SMILES string of the molecule is C[C@@H]1C[C@@H](C)CS(=O)(=O)NC(=O)c2ccc3c(c2)N(C[C@@H]2CC[C@H]2[C@H](O)C1)C[C@@]1(CCCc2cc(Cl)ccc21)CO3. The number of nitrogens with one attached hydrogen (secondary N) is 1. The van der Waals surface area contributed by atoms with Crippen LogP contribution >= 0.6 is 11.6 Å². The van der Waals surface area contributed by atoms with E-state index in [-0.39, 0.29) is 28.9 Å². The van der Waals surface area contributed by atoms with Crippen molar-refractivity contribution in [3.63, 3.8) is 0 Å². The number of fused-ring (bicyclic) bond motifs is 4. The lowest BCUT2D eigenvalue weighted by molar-refractivity contribution is 0.000591. The monoisotopic (exact) mass is 600 g/mol. The van der Waals surface area contributed by atoms with Gasteiger partial charge in [-0.05, 0) is 110 Å². The van der Waals surface area contributed by atoms with Gasteiger partial charge in [-0.2, -0.15) is 0 Å². The van der Waals surface area contributed by atoms with Gasteiger partial charge < -0.3 is 14.7 Å². The molecule has 2 aromatic rings. The van der Waals surface area contributed by atoms with Gasteiger partial charge in [-0.3, -0.25) is 4.79 Å². The minimum atomic E-state index is -3.82. The summed E-state index contributed by atoms with van der Waals surface area (Å²) in [5.41, 5.74) is 3.39. The van der Waals surface area contributed by atoms with Crippen molar-refractivity contribution in [2.45, 2.75) is 70.3 Å². The number of ether oxygens (including phenoxy) is 1. The van der Waals surface area contributed by atoms with Crippen LogP contribution < -0.4 is 14.4 Å². The van der Waals surface area contributed by atoms with Crippen LogP contribution in [0.5, 0.6) is 5.75 Å². The van der Waals surface area contributed by atoms with Crippen LogP contribution in [-0.4, -0.2) is 51.0 Å². The fraction of sp³-hybridized carbons (Fsp3) is 0.594. The minimum Gasteiger partial charge on any atom is -0.490 e. The van der Waals surface area contributed by atoms with E-state index in [1.807, 2.05) is 13.0 Å². The number of halogens is 1. The van der Waals surface area contributed by atoms with Gasteiger partial charge in [0.05, 0.1) is 24.2 Å². The number of anilines is 1. The largest absolute Gasteiger partial charge is 0.490 e. The van der Waals surface area contributed by atoms with Gasteiger partial charge >= 0.3 is 0 Å². The summed E-state index contributed by atoms with van der Waals surface area (Å²) in [6.45, 7) is 5.95. The lowest BCUT2D eigenvalue weighted by Crippen LogP contribution is -2.49. The number of nitrogens with zero attached hydrogens (tertiary/aromatic N) is 1. The van der Waals surface area contributed by atoms with E-state index in [0.29, 0.717) is 43.2 Å². The Labute approximate surface area is 248 Å². The van der Waals surface area contributed by atoms with E-state index in [2.05, 4.69) is 28.7 Å². The number of hydrogen-bond acceptors (Lipinski definition) is 6. The van der Waals surface area contributed by atoms with Crippen molar-refractivity contribution in [1.29, 1.82) is 0 Å². The Morgan fingerprint density at radius 1 is 1.10 bits per heavy atom. The van der Waals surface area contributed by atoms with Gasteiger partial charge in [0.25, 0.3) is 5.91 Å². The highest BCUT2D eigenvalue weighted by Crippen LogP contribution is 2.47. The zero-order chi connectivity index (χ0) is 28.9. The van der Waals surface area contributed by atoms with Gasteiger partial charge in [0, 0.05) is 29.1 Å². The Hall–Kier alpha value is -2.29. The maximum atomic E-state index is 13.2. The smallest absolute Gasteiger partial charge is 0.264 e. The van der Waals surface area contributed by atoms with Gasteiger partial charge in [0.2, 0.25) is 10.0 Å². The van der Waals surface area contributed by atoms with Crippen molar-refractivity contribution < 1.29 is 23.1 Å². The second kappa shape index (κ2) is 11.1. The summed E-state index contributed by atoms with van der Waals surface area (Å²) in [6, 6.07) is 11.4. The van der Waals surface area contributed by atoms with Crippen molar-refractivity contribution in [2.75, 3.05) is 30.3 Å². The first-order valence-electron chi connectivity index (χ1n) is 15.1. The predicted molar refractivity (Wildman–Crippen MR) is 161 cm³/mol. The summed E-state index contributed by atoms with van der Waals surface area (Å²) in [5, 5.41) is 12.0. The highest BCUT2D eigenvalue weighted by molar-refractivity contribution is 7.90. The normalized spacial score (nSPS) is 33.4. The summed E-state index contributed by atoms with van der Waals surface area (Å²) in [5.74, 6) is 0.536. The van der Waals surface area contributed by atoms with Crippen LogP contribution in [0.4, 0.5) is 5.69 Å². The number of carbonyl (C=O) groups is 1. The first-order chi connectivity index (χ1) is 19.5. The molecule has 6 rings (SSSR count). The molecule has 9 heteroatoms. The molecule has 2 heterocycles. The van der Waals surface area contributed by atoms with E-state index in [1.54, 1.807) is 18.2 Å². The molecule has 222 valence electrons. The third-order valence-electron chi connectivity index (χ3n) is 9.93. The molecule has 2 aromatic carbocycles. The number of aliphatic hydroxyl groups excluding tert-OH is 1. The van der Waals surface area contributed by atoms with E-state index in [0.717, 1.165) is 49.4 Å². The van der Waals surface area contributed by atoms with Crippen LogP contribution in [0.3, 0.4) is 0 Å². The Morgan fingerprint density at radius 3 is 2.71 bits per heavy atom. The van der Waals surface area contributed by atoms with Crippen LogP contribution in [0.2, 0.25) is 5.02 Å². The number of rotatable bonds is 0. The molecule has 1 fully saturated rings. The second-order valence-corrected chi connectivity index (χ2v) is 15.5. The summed E-state index contributed by atoms with van der Waals surface area (Å²) in [7, 11) is -3.82. The lowest BCUT2D eigenvalue weighted by Gasteiger charge is -2.46. The molecule has 0 unspecified atom stereocenters. The van der Waals surface area contributed by atoms with E-state index >= 15 is 0 Å². The summed E-state index contributed by atoms with van der Waals surface area (Å²) < 4.78 is 34.7. The van der Waals surface area contributed by atoms with E-state index in [4.69, 9.17) is 16.3 Å². The minimum absolute atomic E-state index is 0.128. The number of aryl methyl sites for hydroxylation is 1. The predicted octanol–water partition coefficient (Wildman–Crippen LogP) is 5.33. The summed E-state index contributed by atoms with van der Waals surface area (Å²) >= 11 is 6.38. The average molecular weight is 601 g/mol. The number of hydrogen-bond donors (Lipinski definition) is 2. The fourth-order valence-corrected chi connectivity index (χ4v) is 9.48. The molecule has 41 heavy (non-hydrogen) atoms. The molecule has 1 amide bonds. The zero-order valence-electron chi connectivity index (χ0n) is 23.9. The van der Waals surface area contributed by atoms with E-state index < -0.39 is 22.0 Å². The molecule has 2 aliphatic heterocycles. The van der Waals surface area contributed by atoms with Gasteiger partial charge in [-0.25, -0.2) is 13.1 Å². The van der Waals surface area contributed by atoms with Crippen LogP contribution in [0.15, 0.2) is 36.4 Å². The summed E-state index contributed by atoms with van der Waals surface area (Å²) in [4.78, 5) is 15.6. The molecule has 0 radical (unpaired) electrons. The molecular formula is C32H41ClN2O5S. The average Bonchev–Trinajstić information content (AvgIpc) is 3.02. The molecular weight excluding hydrogens is 560 g/mol. The molecule has 1 saturated carbocycles. The molecule has 4 aliphatic rings. The first kappa shape index (κ1) is 28.8. The van der Waals surface area contributed by atoms with Crippen molar-refractivity contribution in [1.82, 2.24) is 4.72 Å². The quantitative estimate of drug-likeness (QED) is 0.425. The Morgan fingerprint density at radius 2 is 1.93 bits per heavy atom. The molecule has 7 nitrogen and oxygen atoms in total. The van der Waals surface area contributed by atoms with E-state index in [1.165, 1.54) is 11.1 Å².